The summed E-state index contributed by atoms with van der Waals surface area (Å²) >= 11 is 0. The number of piperidine rings is 1. The third-order valence-electron chi connectivity index (χ3n) is 6.92. The average Bonchev–Trinajstić information content (AvgIpc) is 3.19. The van der Waals surface area contributed by atoms with Gasteiger partial charge in [0.2, 0.25) is 15.9 Å². The lowest BCUT2D eigenvalue weighted by atomic mass is 9.96. The molecule has 3 aliphatic heterocycles. The molecule has 2 saturated heterocycles. The van der Waals surface area contributed by atoms with Gasteiger partial charge in [0.05, 0.1) is 18.1 Å². The largest absolute Gasteiger partial charge is 0.490 e. The summed E-state index contributed by atoms with van der Waals surface area (Å²) in [4.78, 5) is 17.8. The van der Waals surface area contributed by atoms with Crippen LogP contribution in [-0.2, 0) is 14.8 Å². The number of hydrogen-bond acceptors (Lipinski definition) is 6. The van der Waals surface area contributed by atoms with E-state index in [2.05, 4.69) is 25.7 Å². The van der Waals surface area contributed by atoms with Crippen LogP contribution in [0.4, 0.5) is 0 Å². The van der Waals surface area contributed by atoms with Gasteiger partial charge in [-0.1, -0.05) is 0 Å². The molecule has 4 rings (SSSR count). The van der Waals surface area contributed by atoms with Crippen molar-refractivity contribution < 1.29 is 22.7 Å². The van der Waals surface area contributed by atoms with Gasteiger partial charge in [0.1, 0.15) is 0 Å². The smallest absolute Gasteiger partial charge is 0.243 e. The molecule has 33 heavy (non-hydrogen) atoms. The third kappa shape index (κ3) is 5.46. The molecule has 0 bridgehead atoms. The van der Waals surface area contributed by atoms with E-state index in [0.717, 1.165) is 39.0 Å². The van der Waals surface area contributed by atoms with E-state index < -0.39 is 10.0 Å². The molecular weight excluding hydrogens is 442 g/mol. The van der Waals surface area contributed by atoms with Crippen LogP contribution in [0.2, 0.25) is 0 Å². The molecule has 8 nitrogen and oxygen atoms in total. The van der Waals surface area contributed by atoms with Crippen molar-refractivity contribution in [2.75, 3.05) is 52.5 Å². The molecule has 184 valence electrons. The molecule has 0 N–H and O–H groups in total. The first-order chi connectivity index (χ1) is 15.7. The van der Waals surface area contributed by atoms with Crippen molar-refractivity contribution in [2.24, 2.45) is 5.92 Å². The SMILES string of the molecule is CC(C)(C)N1CCCN(C(=O)C2CCN(S(=O)(=O)c3ccc4c(c3)OCCCO4)CC2)CC1. The van der Waals surface area contributed by atoms with Crippen LogP contribution in [0.5, 0.6) is 11.5 Å². The molecule has 0 aromatic heterocycles. The molecule has 0 atom stereocenters. The maximum Gasteiger partial charge on any atom is 0.243 e. The quantitative estimate of drug-likeness (QED) is 0.663. The molecule has 0 unspecified atom stereocenters. The van der Waals surface area contributed by atoms with E-state index in [1.807, 2.05) is 4.90 Å². The van der Waals surface area contributed by atoms with Gasteiger partial charge in [-0.3, -0.25) is 9.69 Å². The van der Waals surface area contributed by atoms with Crippen LogP contribution in [0.15, 0.2) is 23.1 Å². The van der Waals surface area contributed by atoms with Gasteiger partial charge in [0.15, 0.2) is 11.5 Å². The fraction of sp³-hybridized carbons (Fsp3) is 0.708. The first-order valence-corrected chi connectivity index (χ1v) is 13.5. The number of carbonyl (C=O) groups excluding carboxylic acids is 1. The zero-order valence-corrected chi connectivity index (χ0v) is 20.9. The summed E-state index contributed by atoms with van der Waals surface area (Å²) in [6.07, 6.45) is 2.86. The van der Waals surface area contributed by atoms with Crippen molar-refractivity contribution in [3.05, 3.63) is 18.2 Å². The minimum atomic E-state index is -3.64. The Kier molecular flexibility index (Phi) is 7.21. The number of nitrogens with zero attached hydrogens (tertiary/aromatic N) is 3. The number of hydrogen-bond donors (Lipinski definition) is 0. The van der Waals surface area contributed by atoms with Gasteiger partial charge in [0, 0.05) is 63.2 Å². The number of amides is 1. The average molecular weight is 480 g/mol. The third-order valence-corrected chi connectivity index (χ3v) is 8.81. The molecular formula is C24H37N3O5S. The summed E-state index contributed by atoms with van der Waals surface area (Å²) in [5.74, 6) is 1.13. The number of ether oxygens (including phenoxy) is 2. The lowest BCUT2D eigenvalue weighted by Crippen LogP contribution is -2.46. The zero-order valence-electron chi connectivity index (χ0n) is 20.1. The highest BCUT2D eigenvalue weighted by atomic mass is 32.2. The van der Waals surface area contributed by atoms with Crippen molar-refractivity contribution in [1.29, 1.82) is 0 Å². The molecule has 0 saturated carbocycles. The summed E-state index contributed by atoms with van der Waals surface area (Å²) in [5, 5.41) is 0. The summed E-state index contributed by atoms with van der Waals surface area (Å²) < 4.78 is 39.3. The Hall–Kier alpha value is -1.84. The molecule has 1 amide bonds. The van der Waals surface area contributed by atoms with Crippen LogP contribution in [0.1, 0.15) is 46.5 Å². The molecule has 3 heterocycles. The summed E-state index contributed by atoms with van der Waals surface area (Å²) in [5.41, 5.74) is 0.103. The maximum atomic E-state index is 13.2. The van der Waals surface area contributed by atoms with E-state index in [-0.39, 0.29) is 22.3 Å². The maximum absolute atomic E-state index is 13.2. The molecule has 1 aromatic rings. The van der Waals surface area contributed by atoms with E-state index in [9.17, 15) is 13.2 Å². The molecule has 1 aromatic carbocycles. The molecule has 0 spiro atoms. The van der Waals surface area contributed by atoms with Gasteiger partial charge in [-0.25, -0.2) is 8.42 Å². The van der Waals surface area contributed by atoms with Gasteiger partial charge in [-0.05, 0) is 52.2 Å². The van der Waals surface area contributed by atoms with Gasteiger partial charge in [-0.2, -0.15) is 4.31 Å². The minimum Gasteiger partial charge on any atom is -0.490 e. The zero-order chi connectivity index (χ0) is 23.6. The van der Waals surface area contributed by atoms with Crippen molar-refractivity contribution in [3.8, 4) is 11.5 Å². The fourth-order valence-electron chi connectivity index (χ4n) is 4.86. The number of fused-ring (bicyclic) bond motifs is 1. The van der Waals surface area contributed by atoms with Gasteiger partial charge >= 0.3 is 0 Å². The van der Waals surface area contributed by atoms with Crippen LogP contribution in [0, 0.1) is 5.92 Å². The molecule has 0 aliphatic carbocycles. The highest BCUT2D eigenvalue weighted by molar-refractivity contribution is 7.89. The number of sulfonamides is 1. The van der Waals surface area contributed by atoms with Gasteiger partial charge in [-0.15, -0.1) is 0 Å². The Morgan fingerprint density at radius 2 is 1.61 bits per heavy atom. The molecule has 9 heteroatoms. The van der Waals surface area contributed by atoms with Crippen LogP contribution < -0.4 is 9.47 Å². The lowest BCUT2D eigenvalue weighted by molar-refractivity contribution is -0.136. The predicted molar refractivity (Wildman–Crippen MR) is 126 cm³/mol. The number of benzene rings is 1. The first kappa shape index (κ1) is 24.3. The van der Waals surface area contributed by atoms with Gasteiger partial charge in [0.25, 0.3) is 0 Å². The van der Waals surface area contributed by atoms with Crippen molar-refractivity contribution in [3.63, 3.8) is 0 Å². The van der Waals surface area contributed by atoms with E-state index in [4.69, 9.17) is 9.47 Å². The van der Waals surface area contributed by atoms with Crippen molar-refractivity contribution in [2.45, 2.75) is 56.9 Å². The second kappa shape index (κ2) is 9.80. The van der Waals surface area contributed by atoms with E-state index in [1.165, 1.54) is 4.31 Å². The standard InChI is InChI=1S/C24H37N3O5S/c1-24(2,3)26-11-4-10-25(14-15-26)23(28)19-8-12-27(13-9-19)33(29,30)20-6-7-21-22(18-20)32-17-5-16-31-21/h6-7,18-19H,4-5,8-17H2,1-3H3. The van der Waals surface area contributed by atoms with E-state index in [0.29, 0.717) is 50.6 Å². The topological polar surface area (TPSA) is 79.4 Å². The summed E-state index contributed by atoms with van der Waals surface area (Å²) in [6.45, 7) is 11.8. The van der Waals surface area contributed by atoms with Crippen LogP contribution in [0.25, 0.3) is 0 Å². The highest BCUT2D eigenvalue weighted by Gasteiger charge is 2.35. The monoisotopic (exact) mass is 479 g/mol. The van der Waals surface area contributed by atoms with Crippen molar-refractivity contribution >= 4 is 15.9 Å². The predicted octanol–water partition coefficient (Wildman–Crippen LogP) is 2.58. The Balaban J connectivity index is 1.36. The van der Waals surface area contributed by atoms with E-state index >= 15 is 0 Å². The lowest BCUT2D eigenvalue weighted by Gasteiger charge is -2.35. The minimum absolute atomic E-state index is 0.103. The van der Waals surface area contributed by atoms with Gasteiger partial charge < -0.3 is 14.4 Å². The highest BCUT2D eigenvalue weighted by Crippen LogP contribution is 2.34. The molecule has 2 fully saturated rings. The second-order valence-electron chi connectivity index (χ2n) is 10.2. The number of carbonyl (C=O) groups is 1. The number of rotatable bonds is 3. The van der Waals surface area contributed by atoms with Crippen LogP contribution in [-0.4, -0.2) is 86.5 Å². The van der Waals surface area contributed by atoms with Crippen LogP contribution >= 0.6 is 0 Å². The Labute approximate surface area is 197 Å². The second-order valence-corrected chi connectivity index (χ2v) is 12.1. The first-order valence-electron chi connectivity index (χ1n) is 12.1. The Morgan fingerprint density at radius 1 is 0.909 bits per heavy atom. The Morgan fingerprint density at radius 3 is 2.30 bits per heavy atom. The normalized spacial score (nSPS) is 22.0. The Bertz CT molecular complexity index is 951. The summed E-state index contributed by atoms with van der Waals surface area (Å²) in [7, 11) is -3.64. The summed E-state index contributed by atoms with van der Waals surface area (Å²) in [6, 6.07) is 4.81. The molecule has 3 aliphatic rings. The van der Waals surface area contributed by atoms with Crippen LogP contribution in [0.3, 0.4) is 0 Å². The molecule has 0 radical (unpaired) electrons. The van der Waals surface area contributed by atoms with Crippen molar-refractivity contribution in [1.82, 2.24) is 14.1 Å². The fourth-order valence-corrected chi connectivity index (χ4v) is 6.35. The van der Waals surface area contributed by atoms with E-state index in [1.54, 1.807) is 18.2 Å².